The van der Waals surface area contributed by atoms with Gasteiger partial charge >= 0.3 is 0 Å². The first-order valence-electron chi connectivity index (χ1n) is 4.71. The van der Waals surface area contributed by atoms with Gasteiger partial charge in [-0.25, -0.2) is 0 Å². The van der Waals surface area contributed by atoms with Crippen LogP contribution in [0.2, 0.25) is 0 Å². The van der Waals surface area contributed by atoms with E-state index >= 15 is 0 Å². The lowest BCUT2D eigenvalue weighted by molar-refractivity contribution is -0.00564. The van der Waals surface area contributed by atoms with Crippen LogP contribution < -0.4 is 0 Å². The van der Waals surface area contributed by atoms with E-state index in [0.29, 0.717) is 11.8 Å². The minimum Gasteiger partial charge on any atom is -0.385 e. The van der Waals surface area contributed by atoms with Crippen LogP contribution in [0.1, 0.15) is 25.7 Å². The van der Waals surface area contributed by atoms with Gasteiger partial charge in [0.1, 0.15) is 0 Å². The van der Waals surface area contributed by atoms with E-state index in [1.165, 1.54) is 19.3 Å². The summed E-state index contributed by atoms with van der Waals surface area (Å²) < 4.78 is 0. The summed E-state index contributed by atoms with van der Waals surface area (Å²) in [5, 5.41) is 10.2. The molecule has 60 valence electrons. The van der Waals surface area contributed by atoms with Crippen molar-refractivity contribution in [3.8, 4) is 0 Å². The maximum Gasteiger partial charge on any atom is 0.0889 e. The van der Waals surface area contributed by atoms with Crippen LogP contribution in [-0.4, -0.2) is 10.7 Å². The number of rotatable bonds is 0. The van der Waals surface area contributed by atoms with Gasteiger partial charge in [-0.05, 0) is 43.4 Å². The molecule has 3 aliphatic rings. The van der Waals surface area contributed by atoms with Crippen molar-refractivity contribution in [2.75, 3.05) is 0 Å². The van der Waals surface area contributed by atoms with Crippen LogP contribution in [0.25, 0.3) is 0 Å². The van der Waals surface area contributed by atoms with Gasteiger partial charge in [0.25, 0.3) is 0 Å². The molecule has 2 fully saturated rings. The third-order valence-electron chi connectivity index (χ3n) is 4.07. The van der Waals surface area contributed by atoms with Crippen LogP contribution in [0.3, 0.4) is 0 Å². The highest BCUT2D eigenvalue weighted by Gasteiger charge is 2.56. The Morgan fingerprint density at radius 1 is 1.36 bits per heavy atom. The van der Waals surface area contributed by atoms with Gasteiger partial charge in [0.2, 0.25) is 0 Å². The summed E-state index contributed by atoms with van der Waals surface area (Å²) in [7, 11) is 0. The number of fused-ring (bicyclic) bond motifs is 5. The van der Waals surface area contributed by atoms with Crippen molar-refractivity contribution in [3.63, 3.8) is 0 Å². The second-order valence-corrected chi connectivity index (χ2v) is 4.40. The Morgan fingerprint density at radius 2 is 2.27 bits per heavy atom. The molecule has 1 heteroatoms. The third kappa shape index (κ3) is 0.572. The fourth-order valence-corrected chi connectivity index (χ4v) is 3.53. The summed E-state index contributed by atoms with van der Waals surface area (Å²) in [6, 6.07) is 0. The molecule has 3 rings (SSSR count). The number of allylic oxidation sites excluding steroid dienone is 1. The largest absolute Gasteiger partial charge is 0.385 e. The Labute approximate surface area is 67.1 Å². The second-order valence-electron chi connectivity index (χ2n) is 4.40. The van der Waals surface area contributed by atoms with E-state index < -0.39 is 0 Å². The van der Waals surface area contributed by atoms with Gasteiger partial charge in [-0.15, -0.1) is 0 Å². The average molecular weight is 150 g/mol. The molecule has 0 radical (unpaired) electrons. The summed E-state index contributed by atoms with van der Waals surface area (Å²) in [5.41, 5.74) is -0.358. The molecule has 2 bridgehead atoms. The van der Waals surface area contributed by atoms with Crippen LogP contribution in [0.4, 0.5) is 0 Å². The van der Waals surface area contributed by atoms with Crippen molar-refractivity contribution in [2.24, 2.45) is 17.8 Å². The summed E-state index contributed by atoms with van der Waals surface area (Å²) in [6.07, 6.45) is 9.32. The maximum absolute atomic E-state index is 10.2. The number of aliphatic hydroxyl groups is 1. The fraction of sp³-hybridized carbons (Fsp3) is 0.800. The first-order valence-corrected chi connectivity index (χ1v) is 4.71. The van der Waals surface area contributed by atoms with Gasteiger partial charge in [0.15, 0.2) is 0 Å². The van der Waals surface area contributed by atoms with E-state index in [1.54, 1.807) is 0 Å². The lowest BCUT2D eigenvalue weighted by Gasteiger charge is -2.33. The van der Waals surface area contributed by atoms with Crippen LogP contribution >= 0.6 is 0 Å². The fourth-order valence-electron chi connectivity index (χ4n) is 3.53. The SMILES string of the molecule is O[C@@]12C=CC[C@@H]1[C@@H]1CC[C@H]2C1. The maximum atomic E-state index is 10.2. The van der Waals surface area contributed by atoms with E-state index in [2.05, 4.69) is 12.2 Å². The van der Waals surface area contributed by atoms with Gasteiger partial charge in [0.05, 0.1) is 5.60 Å². The van der Waals surface area contributed by atoms with Crippen molar-refractivity contribution >= 4 is 0 Å². The van der Waals surface area contributed by atoms with Crippen LogP contribution in [0.5, 0.6) is 0 Å². The molecule has 4 atom stereocenters. The van der Waals surface area contributed by atoms with E-state index in [-0.39, 0.29) is 5.60 Å². The molecule has 0 saturated heterocycles. The molecule has 0 heterocycles. The van der Waals surface area contributed by atoms with Gasteiger partial charge in [0, 0.05) is 0 Å². The number of hydrogen-bond acceptors (Lipinski definition) is 1. The molecule has 3 aliphatic carbocycles. The summed E-state index contributed by atoms with van der Waals surface area (Å²) in [4.78, 5) is 0. The molecular weight excluding hydrogens is 136 g/mol. The molecular formula is C10H14O. The smallest absolute Gasteiger partial charge is 0.0889 e. The van der Waals surface area contributed by atoms with Crippen molar-refractivity contribution in [1.29, 1.82) is 0 Å². The first kappa shape index (κ1) is 6.24. The van der Waals surface area contributed by atoms with Crippen molar-refractivity contribution in [3.05, 3.63) is 12.2 Å². The van der Waals surface area contributed by atoms with Gasteiger partial charge in [-0.3, -0.25) is 0 Å². The Kier molecular flexibility index (Phi) is 0.972. The normalized spacial score (nSPS) is 58.8. The van der Waals surface area contributed by atoms with Gasteiger partial charge in [-0.2, -0.15) is 0 Å². The molecule has 0 aromatic carbocycles. The summed E-state index contributed by atoms with van der Waals surface area (Å²) in [6.45, 7) is 0. The van der Waals surface area contributed by atoms with Crippen molar-refractivity contribution in [1.82, 2.24) is 0 Å². The Morgan fingerprint density at radius 3 is 3.09 bits per heavy atom. The molecule has 1 nitrogen and oxygen atoms in total. The monoisotopic (exact) mass is 150 g/mol. The molecule has 0 aromatic rings. The summed E-state index contributed by atoms with van der Waals surface area (Å²) in [5.74, 6) is 2.05. The van der Waals surface area contributed by atoms with Crippen molar-refractivity contribution in [2.45, 2.75) is 31.3 Å². The predicted molar refractivity (Wildman–Crippen MR) is 43.0 cm³/mol. The van der Waals surface area contributed by atoms with Gasteiger partial charge in [-0.1, -0.05) is 12.2 Å². The zero-order valence-electron chi connectivity index (χ0n) is 6.66. The quantitative estimate of drug-likeness (QED) is 0.521. The molecule has 0 aliphatic heterocycles. The zero-order valence-corrected chi connectivity index (χ0v) is 6.66. The minimum atomic E-state index is -0.358. The topological polar surface area (TPSA) is 20.2 Å². The van der Waals surface area contributed by atoms with E-state index in [0.717, 1.165) is 12.3 Å². The highest BCUT2D eigenvalue weighted by atomic mass is 16.3. The predicted octanol–water partition coefficient (Wildman–Crippen LogP) is 1.72. The summed E-state index contributed by atoms with van der Waals surface area (Å²) >= 11 is 0. The van der Waals surface area contributed by atoms with Crippen molar-refractivity contribution < 1.29 is 5.11 Å². The molecule has 11 heavy (non-hydrogen) atoms. The third-order valence-corrected chi connectivity index (χ3v) is 4.07. The van der Waals surface area contributed by atoms with E-state index in [9.17, 15) is 5.11 Å². The molecule has 0 spiro atoms. The Bertz CT molecular complexity index is 221. The highest BCUT2D eigenvalue weighted by molar-refractivity contribution is 5.22. The number of hydrogen-bond donors (Lipinski definition) is 1. The average Bonchev–Trinajstić information content (AvgIpc) is 2.54. The molecule has 0 amide bonds. The second kappa shape index (κ2) is 1.71. The lowest BCUT2D eigenvalue weighted by atomic mass is 9.78. The van der Waals surface area contributed by atoms with Gasteiger partial charge < -0.3 is 5.11 Å². The Hall–Kier alpha value is -0.300. The zero-order chi connectivity index (χ0) is 7.47. The molecule has 2 saturated carbocycles. The lowest BCUT2D eigenvalue weighted by Crippen LogP contribution is -2.38. The molecule has 0 unspecified atom stereocenters. The Balaban J connectivity index is 2.05. The van der Waals surface area contributed by atoms with Crippen LogP contribution in [0, 0.1) is 17.8 Å². The highest BCUT2D eigenvalue weighted by Crippen LogP contribution is 2.58. The standard InChI is InChI=1S/C10H14O/c11-10-5-1-2-9(10)7-3-4-8(10)6-7/h1,5,7-9,11H,2-4,6H2/t7-,8+,9-,10-/m1/s1. The van der Waals surface area contributed by atoms with Crippen LogP contribution in [0.15, 0.2) is 12.2 Å². The minimum absolute atomic E-state index is 0.358. The van der Waals surface area contributed by atoms with E-state index in [1.807, 2.05) is 0 Å². The molecule has 0 aromatic heterocycles. The van der Waals surface area contributed by atoms with Crippen LogP contribution in [-0.2, 0) is 0 Å². The van der Waals surface area contributed by atoms with E-state index in [4.69, 9.17) is 0 Å². The first-order chi connectivity index (χ1) is 5.31. The molecule has 1 N–H and O–H groups in total.